The minimum Gasteiger partial charge on any atom is -0.362 e. The number of hydrogen-bond donors (Lipinski definition) is 1. The summed E-state index contributed by atoms with van der Waals surface area (Å²) in [6, 6.07) is 7.46. The SMILES string of the molecule is COC(C)NC(=O)c1ccccc1C. The summed E-state index contributed by atoms with van der Waals surface area (Å²) in [4.78, 5) is 11.6. The van der Waals surface area contributed by atoms with Gasteiger partial charge in [0.1, 0.15) is 6.23 Å². The molecule has 3 nitrogen and oxygen atoms in total. The third-order valence-corrected chi connectivity index (χ3v) is 2.08. The molecule has 1 aromatic rings. The number of methoxy groups -OCH3 is 1. The number of benzene rings is 1. The van der Waals surface area contributed by atoms with Crippen molar-refractivity contribution in [3.05, 3.63) is 35.4 Å². The van der Waals surface area contributed by atoms with Crippen LogP contribution in [0.4, 0.5) is 0 Å². The molecule has 76 valence electrons. The second kappa shape index (κ2) is 4.77. The van der Waals surface area contributed by atoms with E-state index in [2.05, 4.69) is 5.32 Å². The van der Waals surface area contributed by atoms with Gasteiger partial charge in [0, 0.05) is 12.7 Å². The number of nitrogens with one attached hydrogen (secondary N) is 1. The molecule has 0 spiro atoms. The first-order valence-electron chi connectivity index (χ1n) is 4.54. The zero-order valence-electron chi connectivity index (χ0n) is 8.70. The number of hydrogen-bond acceptors (Lipinski definition) is 2. The Balaban J connectivity index is 2.75. The summed E-state index contributed by atoms with van der Waals surface area (Å²) in [6.07, 6.45) is -0.262. The van der Waals surface area contributed by atoms with E-state index in [-0.39, 0.29) is 12.1 Å². The highest BCUT2D eigenvalue weighted by Crippen LogP contribution is 2.06. The van der Waals surface area contributed by atoms with Gasteiger partial charge in [-0.05, 0) is 25.5 Å². The third kappa shape index (κ3) is 2.57. The van der Waals surface area contributed by atoms with Crippen molar-refractivity contribution >= 4 is 5.91 Å². The molecule has 0 aromatic heterocycles. The van der Waals surface area contributed by atoms with E-state index in [1.54, 1.807) is 20.1 Å². The van der Waals surface area contributed by atoms with Gasteiger partial charge in [-0.3, -0.25) is 4.79 Å². The molecule has 14 heavy (non-hydrogen) atoms. The summed E-state index contributed by atoms with van der Waals surface area (Å²) in [5, 5.41) is 2.73. The Morgan fingerprint density at radius 3 is 2.64 bits per heavy atom. The molecular formula is C11H15NO2. The maximum Gasteiger partial charge on any atom is 0.253 e. The van der Waals surface area contributed by atoms with Gasteiger partial charge >= 0.3 is 0 Å². The quantitative estimate of drug-likeness (QED) is 0.742. The van der Waals surface area contributed by atoms with Crippen LogP contribution in [0.1, 0.15) is 22.8 Å². The molecule has 1 aromatic carbocycles. The number of rotatable bonds is 3. The highest BCUT2D eigenvalue weighted by molar-refractivity contribution is 5.95. The molecule has 1 unspecified atom stereocenters. The Labute approximate surface area is 84.1 Å². The minimum absolute atomic E-state index is 0.0996. The van der Waals surface area contributed by atoms with Crippen molar-refractivity contribution < 1.29 is 9.53 Å². The maximum atomic E-state index is 11.6. The van der Waals surface area contributed by atoms with Crippen LogP contribution in [0.5, 0.6) is 0 Å². The molecule has 1 rings (SSSR count). The Hall–Kier alpha value is -1.35. The smallest absolute Gasteiger partial charge is 0.253 e. The van der Waals surface area contributed by atoms with Gasteiger partial charge < -0.3 is 10.1 Å². The number of carbonyl (C=O) groups excluding carboxylic acids is 1. The molecule has 0 heterocycles. The minimum atomic E-state index is -0.262. The first kappa shape index (κ1) is 10.7. The standard InChI is InChI=1S/C11H15NO2/c1-8-6-4-5-7-10(8)11(13)12-9(2)14-3/h4-7,9H,1-3H3,(H,12,13). The Morgan fingerprint density at radius 1 is 1.43 bits per heavy atom. The second-order valence-corrected chi connectivity index (χ2v) is 3.17. The largest absolute Gasteiger partial charge is 0.362 e. The lowest BCUT2D eigenvalue weighted by molar-refractivity contribution is 0.0658. The number of ether oxygens (including phenoxy) is 1. The van der Waals surface area contributed by atoms with Gasteiger partial charge in [0.25, 0.3) is 5.91 Å². The van der Waals surface area contributed by atoms with E-state index in [9.17, 15) is 4.79 Å². The summed E-state index contributed by atoms with van der Waals surface area (Å²) in [5.74, 6) is -0.0996. The van der Waals surface area contributed by atoms with Crippen LogP contribution in [-0.2, 0) is 4.74 Å². The maximum absolute atomic E-state index is 11.6. The topological polar surface area (TPSA) is 38.3 Å². The Kier molecular flexibility index (Phi) is 3.65. The van der Waals surface area contributed by atoms with Gasteiger partial charge in [-0.15, -0.1) is 0 Å². The van der Waals surface area contributed by atoms with Gasteiger partial charge in [-0.2, -0.15) is 0 Å². The molecule has 0 aliphatic carbocycles. The van der Waals surface area contributed by atoms with E-state index < -0.39 is 0 Å². The zero-order valence-corrected chi connectivity index (χ0v) is 8.70. The van der Waals surface area contributed by atoms with Crippen molar-refractivity contribution in [2.75, 3.05) is 7.11 Å². The van der Waals surface area contributed by atoms with Crippen LogP contribution < -0.4 is 5.32 Å². The summed E-state index contributed by atoms with van der Waals surface area (Å²) in [7, 11) is 1.56. The van der Waals surface area contributed by atoms with Crippen LogP contribution in [-0.4, -0.2) is 19.2 Å². The zero-order chi connectivity index (χ0) is 10.6. The van der Waals surface area contributed by atoms with Crippen molar-refractivity contribution in [2.45, 2.75) is 20.1 Å². The summed E-state index contributed by atoms with van der Waals surface area (Å²) in [5.41, 5.74) is 1.66. The van der Waals surface area contributed by atoms with Crippen LogP contribution in [0, 0.1) is 6.92 Å². The molecule has 0 fully saturated rings. The Morgan fingerprint density at radius 2 is 2.07 bits per heavy atom. The predicted octanol–water partition coefficient (Wildman–Crippen LogP) is 1.72. The highest BCUT2D eigenvalue weighted by atomic mass is 16.5. The van der Waals surface area contributed by atoms with Crippen molar-refractivity contribution in [3.63, 3.8) is 0 Å². The van der Waals surface area contributed by atoms with E-state index >= 15 is 0 Å². The van der Waals surface area contributed by atoms with E-state index in [0.29, 0.717) is 5.56 Å². The summed E-state index contributed by atoms with van der Waals surface area (Å²) < 4.78 is 4.95. The van der Waals surface area contributed by atoms with Crippen LogP contribution in [0.2, 0.25) is 0 Å². The number of aryl methyl sites for hydroxylation is 1. The number of carbonyl (C=O) groups is 1. The van der Waals surface area contributed by atoms with Gasteiger partial charge in [0.15, 0.2) is 0 Å². The molecule has 0 aliphatic rings. The molecule has 0 aliphatic heterocycles. The first-order chi connectivity index (χ1) is 6.65. The second-order valence-electron chi connectivity index (χ2n) is 3.17. The molecule has 0 radical (unpaired) electrons. The third-order valence-electron chi connectivity index (χ3n) is 2.08. The van der Waals surface area contributed by atoms with Crippen molar-refractivity contribution in [1.29, 1.82) is 0 Å². The lowest BCUT2D eigenvalue weighted by Crippen LogP contribution is -2.34. The fourth-order valence-electron chi connectivity index (χ4n) is 1.15. The van der Waals surface area contributed by atoms with Gasteiger partial charge in [0.05, 0.1) is 0 Å². The molecule has 0 saturated carbocycles. The molecular weight excluding hydrogens is 178 g/mol. The average molecular weight is 193 g/mol. The molecule has 1 amide bonds. The average Bonchev–Trinajstić information content (AvgIpc) is 2.18. The Bertz CT molecular complexity index is 323. The normalized spacial score (nSPS) is 12.2. The summed E-state index contributed by atoms with van der Waals surface area (Å²) >= 11 is 0. The molecule has 1 N–H and O–H groups in total. The number of amides is 1. The molecule has 1 atom stereocenters. The van der Waals surface area contributed by atoms with Crippen LogP contribution in [0.3, 0.4) is 0 Å². The van der Waals surface area contributed by atoms with Gasteiger partial charge in [-0.25, -0.2) is 0 Å². The van der Waals surface area contributed by atoms with E-state index in [1.165, 1.54) is 0 Å². The van der Waals surface area contributed by atoms with Crippen molar-refractivity contribution in [1.82, 2.24) is 5.32 Å². The molecule has 0 bridgehead atoms. The van der Waals surface area contributed by atoms with Crippen LogP contribution in [0.25, 0.3) is 0 Å². The van der Waals surface area contributed by atoms with Crippen LogP contribution in [0.15, 0.2) is 24.3 Å². The van der Waals surface area contributed by atoms with Gasteiger partial charge in [0.2, 0.25) is 0 Å². The van der Waals surface area contributed by atoms with E-state index in [0.717, 1.165) is 5.56 Å². The molecule has 3 heteroatoms. The highest BCUT2D eigenvalue weighted by Gasteiger charge is 2.09. The first-order valence-corrected chi connectivity index (χ1v) is 4.54. The lowest BCUT2D eigenvalue weighted by Gasteiger charge is -2.12. The van der Waals surface area contributed by atoms with Crippen LogP contribution >= 0.6 is 0 Å². The molecule has 0 saturated heterocycles. The predicted molar refractivity (Wildman–Crippen MR) is 55.1 cm³/mol. The van der Waals surface area contributed by atoms with Gasteiger partial charge in [-0.1, -0.05) is 18.2 Å². The van der Waals surface area contributed by atoms with Crippen molar-refractivity contribution in [3.8, 4) is 0 Å². The van der Waals surface area contributed by atoms with Crippen molar-refractivity contribution in [2.24, 2.45) is 0 Å². The summed E-state index contributed by atoms with van der Waals surface area (Å²) in [6.45, 7) is 3.70. The van der Waals surface area contributed by atoms with E-state index in [1.807, 2.05) is 25.1 Å². The van der Waals surface area contributed by atoms with E-state index in [4.69, 9.17) is 4.74 Å². The monoisotopic (exact) mass is 193 g/mol. The fourth-order valence-corrected chi connectivity index (χ4v) is 1.15. The lowest BCUT2D eigenvalue weighted by atomic mass is 10.1. The fraction of sp³-hybridized carbons (Fsp3) is 0.364.